The first-order valence-corrected chi connectivity index (χ1v) is 8.42. The molecule has 1 saturated heterocycles. The van der Waals surface area contributed by atoms with Crippen LogP contribution in [0.2, 0.25) is 0 Å². The Morgan fingerprint density at radius 2 is 1.88 bits per heavy atom. The molecule has 24 heavy (non-hydrogen) atoms. The molecule has 1 saturated carbocycles. The maximum atomic E-state index is 11.8. The number of likely N-dealkylation sites (tertiary alicyclic amines) is 1. The van der Waals surface area contributed by atoms with Crippen LogP contribution in [0.25, 0.3) is 0 Å². The van der Waals surface area contributed by atoms with E-state index in [0.29, 0.717) is 6.54 Å². The number of amides is 1. The van der Waals surface area contributed by atoms with Gasteiger partial charge in [-0.3, -0.25) is 9.69 Å². The molecule has 2 fully saturated rings. The first-order valence-electron chi connectivity index (χ1n) is 8.42. The predicted molar refractivity (Wildman–Crippen MR) is 103 cm³/mol. The van der Waals surface area contributed by atoms with Crippen molar-refractivity contribution >= 4 is 30.7 Å². The minimum atomic E-state index is -0.578. The normalized spacial score (nSPS) is 22.0. The third kappa shape index (κ3) is 5.62. The monoisotopic (exact) mass is 373 g/mol. The maximum Gasteiger partial charge on any atom is 0.240 e. The molecule has 1 aliphatic heterocycles. The van der Waals surface area contributed by atoms with Crippen LogP contribution in [0, 0.1) is 5.92 Å². The fourth-order valence-electron chi connectivity index (χ4n) is 3.17. The zero-order valence-corrected chi connectivity index (χ0v) is 15.9. The number of hydrogen-bond donors (Lipinski definition) is 2. The number of carbonyl (C=O) groups excluding carboxylic acids is 1. The fraction of sp³-hybridized carbons (Fsp3) is 0.611. The standard InChI is InChI=1S/C18H27N3O.2ClH/c1-14-3-2-10-21(12-14)13-16-6-4-15(5-7-16)11-20-17(22)18(19)8-9-18;;/h4-7,14H,2-3,8-13,19H2,1H3,(H,20,22);2*1H. The van der Waals surface area contributed by atoms with Crippen molar-refractivity contribution in [1.29, 1.82) is 0 Å². The molecule has 1 aliphatic carbocycles. The highest BCUT2D eigenvalue weighted by Gasteiger charge is 2.45. The Hall–Kier alpha value is -0.810. The third-order valence-corrected chi connectivity index (χ3v) is 4.86. The molecule has 3 N–H and O–H groups in total. The van der Waals surface area contributed by atoms with E-state index in [-0.39, 0.29) is 30.7 Å². The van der Waals surface area contributed by atoms with E-state index in [9.17, 15) is 4.79 Å². The lowest BCUT2D eigenvalue weighted by Gasteiger charge is -2.30. The van der Waals surface area contributed by atoms with E-state index in [1.165, 1.54) is 31.5 Å². The molecule has 0 radical (unpaired) electrons. The lowest BCUT2D eigenvalue weighted by atomic mass is 9.99. The molecule has 4 nitrogen and oxygen atoms in total. The van der Waals surface area contributed by atoms with Crippen molar-refractivity contribution in [3.63, 3.8) is 0 Å². The summed E-state index contributed by atoms with van der Waals surface area (Å²) in [7, 11) is 0. The van der Waals surface area contributed by atoms with Gasteiger partial charge in [0.15, 0.2) is 0 Å². The molecule has 136 valence electrons. The number of nitrogens with one attached hydrogen (secondary N) is 1. The summed E-state index contributed by atoms with van der Waals surface area (Å²) in [6, 6.07) is 8.57. The zero-order chi connectivity index (χ0) is 15.6. The molecule has 6 heteroatoms. The summed E-state index contributed by atoms with van der Waals surface area (Å²) in [5, 5.41) is 2.93. The van der Waals surface area contributed by atoms with Crippen molar-refractivity contribution in [2.45, 2.75) is 51.2 Å². The molecule has 3 rings (SSSR count). The van der Waals surface area contributed by atoms with Crippen LogP contribution in [0.15, 0.2) is 24.3 Å². The van der Waals surface area contributed by atoms with E-state index in [2.05, 4.69) is 41.4 Å². The van der Waals surface area contributed by atoms with Crippen molar-refractivity contribution < 1.29 is 4.79 Å². The number of carbonyl (C=O) groups is 1. The molecule has 1 atom stereocenters. The summed E-state index contributed by atoms with van der Waals surface area (Å²) in [5.41, 5.74) is 7.78. The smallest absolute Gasteiger partial charge is 0.240 e. The molecular formula is C18H29Cl2N3O. The van der Waals surface area contributed by atoms with Crippen LogP contribution in [-0.4, -0.2) is 29.4 Å². The van der Waals surface area contributed by atoms with Gasteiger partial charge in [0.05, 0.1) is 5.54 Å². The van der Waals surface area contributed by atoms with Gasteiger partial charge in [-0.15, -0.1) is 24.8 Å². The van der Waals surface area contributed by atoms with Crippen LogP contribution in [0.3, 0.4) is 0 Å². The van der Waals surface area contributed by atoms with Crippen LogP contribution in [0.4, 0.5) is 0 Å². The number of nitrogens with zero attached hydrogens (tertiary/aromatic N) is 1. The highest BCUT2D eigenvalue weighted by Crippen LogP contribution is 2.32. The van der Waals surface area contributed by atoms with Gasteiger partial charge in [0, 0.05) is 19.6 Å². The van der Waals surface area contributed by atoms with Crippen LogP contribution < -0.4 is 11.1 Å². The van der Waals surface area contributed by atoms with Crippen LogP contribution in [0.5, 0.6) is 0 Å². The Bertz CT molecular complexity index is 532. The Morgan fingerprint density at radius 1 is 1.25 bits per heavy atom. The third-order valence-electron chi connectivity index (χ3n) is 4.86. The van der Waals surface area contributed by atoms with Crippen molar-refractivity contribution in [1.82, 2.24) is 10.2 Å². The molecule has 1 aromatic rings. The number of halogens is 2. The van der Waals surface area contributed by atoms with Gasteiger partial charge in [-0.1, -0.05) is 31.2 Å². The molecule has 1 amide bonds. The van der Waals surface area contributed by atoms with E-state index in [4.69, 9.17) is 5.73 Å². The SMILES string of the molecule is CC1CCCN(Cc2ccc(CNC(=O)C3(N)CC3)cc2)C1.Cl.Cl. The van der Waals surface area contributed by atoms with Crippen LogP contribution >= 0.6 is 24.8 Å². The van der Waals surface area contributed by atoms with Gasteiger partial charge in [-0.05, 0) is 49.3 Å². The van der Waals surface area contributed by atoms with Crippen molar-refractivity contribution in [3.05, 3.63) is 35.4 Å². The second kappa shape index (κ2) is 9.04. The Labute approximate surface area is 157 Å². The van der Waals surface area contributed by atoms with Crippen LogP contribution in [-0.2, 0) is 17.9 Å². The first kappa shape index (κ1) is 21.2. The Kier molecular flexibility index (Phi) is 8.00. The average Bonchev–Trinajstić information content (AvgIpc) is 3.25. The molecule has 0 bridgehead atoms. The number of nitrogens with two attached hydrogens (primary N) is 1. The Balaban J connectivity index is 0.00000144. The van der Waals surface area contributed by atoms with Gasteiger partial charge >= 0.3 is 0 Å². The second-order valence-electron chi connectivity index (χ2n) is 7.14. The van der Waals surface area contributed by atoms with Gasteiger partial charge < -0.3 is 11.1 Å². The fourth-order valence-corrected chi connectivity index (χ4v) is 3.17. The minimum Gasteiger partial charge on any atom is -0.350 e. The molecular weight excluding hydrogens is 345 g/mol. The quantitative estimate of drug-likeness (QED) is 0.833. The molecule has 0 aromatic heterocycles. The summed E-state index contributed by atoms with van der Waals surface area (Å²) in [6.07, 6.45) is 4.29. The highest BCUT2D eigenvalue weighted by atomic mass is 35.5. The molecule has 1 unspecified atom stereocenters. The summed E-state index contributed by atoms with van der Waals surface area (Å²) < 4.78 is 0. The van der Waals surface area contributed by atoms with Crippen molar-refractivity contribution in [2.24, 2.45) is 11.7 Å². The van der Waals surface area contributed by atoms with E-state index in [1.807, 2.05) is 0 Å². The number of hydrogen-bond acceptors (Lipinski definition) is 3. The van der Waals surface area contributed by atoms with E-state index >= 15 is 0 Å². The molecule has 1 heterocycles. The van der Waals surface area contributed by atoms with E-state index in [1.54, 1.807) is 0 Å². The van der Waals surface area contributed by atoms with Gasteiger partial charge in [-0.25, -0.2) is 0 Å². The van der Waals surface area contributed by atoms with Gasteiger partial charge in [0.25, 0.3) is 0 Å². The van der Waals surface area contributed by atoms with E-state index in [0.717, 1.165) is 30.9 Å². The van der Waals surface area contributed by atoms with Crippen LogP contribution in [0.1, 0.15) is 43.7 Å². The van der Waals surface area contributed by atoms with Crippen molar-refractivity contribution in [3.8, 4) is 0 Å². The first-order chi connectivity index (χ1) is 10.5. The van der Waals surface area contributed by atoms with Gasteiger partial charge in [0.2, 0.25) is 5.91 Å². The number of piperidine rings is 1. The minimum absolute atomic E-state index is 0. The van der Waals surface area contributed by atoms with Crippen molar-refractivity contribution in [2.75, 3.05) is 13.1 Å². The van der Waals surface area contributed by atoms with Gasteiger partial charge in [0.1, 0.15) is 0 Å². The summed E-state index contributed by atoms with van der Waals surface area (Å²) in [5.74, 6) is 0.799. The largest absolute Gasteiger partial charge is 0.350 e. The molecule has 0 spiro atoms. The lowest BCUT2D eigenvalue weighted by molar-refractivity contribution is -0.123. The van der Waals surface area contributed by atoms with E-state index < -0.39 is 5.54 Å². The summed E-state index contributed by atoms with van der Waals surface area (Å²) >= 11 is 0. The average molecular weight is 374 g/mol. The maximum absolute atomic E-state index is 11.8. The Morgan fingerprint density at radius 3 is 2.46 bits per heavy atom. The topological polar surface area (TPSA) is 58.4 Å². The summed E-state index contributed by atoms with van der Waals surface area (Å²) in [4.78, 5) is 14.4. The number of benzene rings is 1. The second-order valence-corrected chi connectivity index (χ2v) is 7.14. The van der Waals surface area contributed by atoms with Gasteiger partial charge in [-0.2, -0.15) is 0 Å². The molecule has 1 aromatic carbocycles. The lowest BCUT2D eigenvalue weighted by Crippen LogP contribution is -2.42. The predicted octanol–water partition coefficient (Wildman–Crippen LogP) is 2.87. The zero-order valence-electron chi connectivity index (χ0n) is 14.3. The summed E-state index contributed by atoms with van der Waals surface area (Å²) in [6.45, 7) is 6.35. The number of rotatable bonds is 5. The molecule has 2 aliphatic rings. The highest BCUT2D eigenvalue weighted by molar-refractivity contribution is 5.88.